The van der Waals surface area contributed by atoms with Crippen molar-refractivity contribution in [2.24, 2.45) is 0 Å². The molecule has 0 aliphatic rings. The fourth-order valence-electron chi connectivity index (χ4n) is 2.15. The van der Waals surface area contributed by atoms with Crippen molar-refractivity contribution in [3.8, 4) is 5.82 Å². The number of fused-ring (bicyclic) bond motifs is 1. The number of hydrogen-bond donors (Lipinski definition) is 1. The van der Waals surface area contributed by atoms with E-state index < -0.39 is 0 Å². The highest BCUT2D eigenvalue weighted by Crippen LogP contribution is 2.26. The van der Waals surface area contributed by atoms with Gasteiger partial charge < -0.3 is 5.32 Å². The summed E-state index contributed by atoms with van der Waals surface area (Å²) in [6.45, 7) is 4.59. The van der Waals surface area contributed by atoms with Crippen molar-refractivity contribution < 1.29 is 0 Å². The van der Waals surface area contributed by atoms with Crippen molar-refractivity contribution in [1.29, 1.82) is 0 Å². The summed E-state index contributed by atoms with van der Waals surface area (Å²) in [5, 5.41) is 10.4. The highest BCUT2D eigenvalue weighted by Gasteiger charge is 2.18. The van der Waals surface area contributed by atoms with E-state index in [4.69, 9.17) is 11.6 Å². The van der Waals surface area contributed by atoms with Crippen LogP contribution in [0.2, 0.25) is 5.02 Å². The lowest BCUT2D eigenvalue weighted by Gasteiger charge is -2.05. The molecule has 1 N–H and O–H groups in total. The normalized spacial score (nSPS) is 11.6. The van der Waals surface area contributed by atoms with Crippen molar-refractivity contribution in [3.63, 3.8) is 0 Å². The van der Waals surface area contributed by atoms with Gasteiger partial charge in [0.15, 0.2) is 10.8 Å². The standard InChI is InChI=1S/C12H14ClN5S/c1-7-10(13)8(2)18(16-7)11-9(6-14-3)17-4-5-19-12(17)15-11/h4-5,14H,6H2,1-3H3. The quantitative estimate of drug-likeness (QED) is 0.808. The van der Waals surface area contributed by atoms with Gasteiger partial charge in [0.1, 0.15) is 0 Å². The van der Waals surface area contributed by atoms with E-state index in [9.17, 15) is 0 Å². The first-order chi connectivity index (χ1) is 9.13. The van der Waals surface area contributed by atoms with Crippen LogP contribution in [0.4, 0.5) is 0 Å². The average Bonchev–Trinajstić information content (AvgIpc) is 3.02. The molecule has 0 saturated carbocycles. The fourth-order valence-corrected chi connectivity index (χ4v) is 3.00. The SMILES string of the molecule is CNCc1c(-n2nc(C)c(Cl)c2C)nc2sccn12. The van der Waals surface area contributed by atoms with Crippen molar-refractivity contribution >= 4 is 27.9 Å². The molecule has 0 aromatic carbocycles. The number of aromatic nitrogens is 4. The van der Waals surface area contributed by atoms with Gasteiger partial charge in [-0.3, -0.25) is 4.40 Å². The molecule has 3 aromatic rings. The van der Waals surface area contributed by atoms with Crippen LogP contribution in [0.15, 0.2) is 11.6 Å². The van der Waals surface area contributed by atoms with E-state index in [1.54, 1.807) is 11.3 Å². The van der Waals surface area contributed by atoms with Gasteiger partial charge in [0.2, 0.25) is 0 Å². The Morgan fingerprint density at radius 1 is 1.42 bits per heavy atom. The van der Waals surface area contributed by atoms with Gasteiger partial charge in [0.05, 0.1) is 22.1 Å². The highest BCUT2D eigenvalue weighted by molar-refractivity contribution is 7.15. The molecule has 0 aliphatic heterocycles. The van der Waals surface area contributed by atoms with Crippen LogP contribution in [-0.4, -0.2) is 26.2 Å². The third kappa shape index (κ3) is 1.87. The number of rotatable bonds is 3. The molecule has 0 saturated heterocycles. The van der Waals surface area contributed by atoms with Crippen LogP contribution < -0.4 is 5.32 Å². The Hall–Kier alpha value is -1.37. The minimum Gasteiger partial charge on any atom is -0.314 e. The van der Waals surface area contributed by atoms with Crippen LogP contribution in [0.25, 0.3) is 10.8 Å². The van der Waals surface area contributed by atoms with Crippen LogP contribution in [0, 0.1) is 13.8 Å². The van der Waals surface area contributed by atoms with Gasteiger partial charge in [0, 0.05) is 18.1 Å². The summed E-state index contributed by atoms with van der Waals surface area (Å²) in [5.41, 5.74) is 2.83. The maximum atomic E-state index is 6.22. The zero-order valence-corrected chi connectivity index (χ0v) is 12.5. The number of imidazole rings is 1. The highest BCUT2D eigenvalue weighted by atomic mass is 35.5. The Labute approximate surface area is 119 Å². The third-order valence-electron chi connectivity index (χ3n) is 3.09. The second kappa shape index (κ2) is 4.63. The summed E-state index contributed by atoms with van der Waals surface area (Å²) < 4.78 is 3.91. The van der Waals surface area contributed by atoms with Gasteiger partial charge >= 0.3 is 0 Å². The van der Waals surface area contributed by atoms with Crippen molar-refractivity contribution in [2.45, 2.75) is 20.4 Å². The summed E-state index contributed by atoms with van der Waals surface area (Å²) in [6, 6.07) is 0. The fraction of sp³-hybridized carbons (Fsp3) is 0.333. The number of thiazole rings is 1. The topological polar surface area (TPSA) is 47.2 Å². The van der Waals surface area contributed by atoms with E-state index in [0.29, 0.717) is 5.02 Å². The number of halogens is 1. The number of nitrogens with zero attached hydrogens (tertiary/aromatic N) is 4. The zero-order valence-electron chi connectivity index (χ0n) is 10.9. The van der Waals surface area contributed by atoms with E-state index in [1.165, 1.54) is 0 Å². The van der Waals surface area contributed by atoms with Gasteiger partial charge in [-0.25, -0.2) is 4.68 Å². The molecule has 100 valence electrons. The van der Waals surface area contributed by atoms with E-state index in [-0.39, 0.29) is 0 Å². The van der Waals surface area contributed by atoms with Crippen molar-refractivity contribution in [1.82, 2.24) is 24.5 Å². The summed E-state index contributed by atoms with van der Waals surface area (Å²) in [6.07, 6.45) is 2.02. The second-order valence-corrected chi connectivity index (χ2v) is 5.62. The van der Waals surface area contributed by atoms with Crippen LogP contribution in [-0.2, 0) is 6.54 Å². The number of hydrogen-bond acceptors (Lipinski definition) is 4. The maximum absolute atomic E-state index is 6.22. The molecule has 0 atom stereocenters. The lowest BCUT2D eigenvalue weighted by molar-refractivity contribution is 0.744. The molecule has 3 aromatic heterocycles. The first kappa shape index (κ1) is 12.7. The first-order valence-electron chi connectivity index (χ1n) is 5.94. The second-order valence-electron chi connectivity index (χ2n) is 4.36. The van der Waals surface area contributed by atoms with Gasteiger partial charge in [-0.1, -0.05) is 11.6 Å². The van der Waals surface area contributed by atoms with Crippen molar-refractivity contribution in [2.75, 3.05) is 7.05 Å². The van der Waals surface area contributed by atoms with Crippen LogP contribution in [0.3, 0.4) is 0 Å². The van der Waals surface area contributed by atoms with E-state index in [1.807, 2.05) is 37.2 Å². The van der Waals surface area contributed by atoms with Gasteiger partial charge in [-0.15, -0.1) is 11.3 Å². The monoisotopic (exact) mass is 295 g/mol. The largest absolute Gasteiger partial charge is 0.314 e. The predicted molar refractivity (Wildman–Crippen MR) is 77.4 cm³/mol. The van der Waals surface area contributed by atoms with Crippen LogP contribution in [0.1, 0.15) is 17.1 Å². The molecule has 0 amide bonds. The van der Waals surface area contributed by atoms with Gasteiger partial charge in [-0.2, -0.15) is 10.1 Å². The van der Waals surface area contributed by atoms with Crippen molar-refractivity contribution in [3.05, 3.63) is 33.7 Å². The van der Waals surface area contributed by atoms with Gasteiger partial charge in [-0.05, 0) is 20.9 Å². The molecule has 7 heteroatoms. The summed E-state index contributed by atoms with van der Waals surface area (Å²) in [4.78, 5) is 5.62. The smallest absolute Gasteiger partial charge is 0.196 e. The molecular formula is C12H14ClN5S. The Bertz CT molecular complexity index is 739. The van der Waals surface area contributed by atoms with E-state index >= 15 is 0 Å². The molecule has 0 unspecified atom stereocenters. The zero-order chi connectivity index (χ0) is 13.6. The minimum absolute atomic E-state index is 0.701. The average molecular weight is 296 g/mol. The minimum atomic E-state index is 0.701. The van der Waals surface area contributed by atoms with Crippen LogP contribution >= 0.6 is 22.9 Å². The summed E-state index contributed by atoms with van der Waals surface area (Å²) in [7, 11) is 1.92. The first-order valence-corrected chi connectivity index (χ1v) is 7.20. The molecule has 3 heterocycles. The molecule has 0 fully saturated rings. The third-order valence-corrected chi connectivity index (χ3v) is 4.39. The molecule has 19 heavy (non-hydrogen) atoms. The number of nitrogens with one attached hydrogen (secondary N) is 1. The predicted octanol–water partition coefficient (Wildman–Crippen LogP) is 2.57. The molecule has 0 bridgehead atoms. The summed E-state index contributed by atoms with van der Waals surface area (Å²) in [5.74, 6) is 0.841. The lowest BCUT2D eigenvalue weighted by Crippen LogP contribution is -2.11. The lowest BCUT2D eigenvalue weighted by atomic mass is 10.3. The molecule has 3 rings (SSSR count). The molecule has 5 nitrogen and oxygen atoms in total. The van der Waals surface area contributed by atoms with Gasteiger partial charge in [0.25, 0.3) is 0 Å². The maximum Gasteiger partial charge on any atom is 0.196 e. The Balaban J connectivity index is 2.26. The molecule has 0 radical (unpaired) electrons. The molecule has 0 aliphatic carbocycles. The Morgan fingerprint density at radius 3 is 2.84 bits per heavy atom. The number of aryl methyl sites for hydroxylation is 1. The van der Waals surface area contributed by atoms with E-state index in [0.717, 1.165) is 34.4 Å². The van der Waals surface area contributed by atoms with E-state index in [2.05, 4.69) is 19.8 Å². The Kier molecular flexibility index (Phi) is 3.08. The van der Waals surface area contributed by atoms with Crippen LogP contribution in [0.5, 0.6) is 0 Å². The Morgan fingerprint density at radius 2 is 2.21 bits per heavy atom. The molecular weight excluding hydrogens is 282 g/mol. The summed E-state index contributed by atoms with van der Waals surface area (Å²) >= 11 is 7.83. The molecule has 0 spiro atoms.